The van der Waals surface area contributed by atoms with Gasteiger partial charge in [0.25, 0.3) is 0 Å². The quantitative estimate of drug-likeness (QED) is 0.185. The predicted molar refractivity (Wildman–Crippen MR) is 135 cm³/mol. The molecule has 2 aliphatic rings. The molecule has 0 unspecified atom stereocenters. The SMILES string of the molecule is C[C@H]1O[C@@H](c2c(O[C@@H]3O[C@H](CO)[C@@H](O)[C@H](O)[C@H]3O)cc3oc(-c4ccccc4)cc(=O)c3c2O)[C@H](O)[C@@H](O)[C@H]1O. The zero-order valence-corrected chi connectivity index (χ0v) is 21.1. The minimum Gasteiger partial charge on any atom is -0.506 e. The van der Waals surface area contributed by atoms with Crippen molar-refractivity contribution in [2.24, 2.45) is 0 Å². The highest BCUT2D eigenvalue weighted by Crippen LogP contribution is 2.46. The molecule has 0 aliphatic carbocycles. The van der Waals surface area contributed by atoms with Gasteiger partial charge in [0.15, 0.2) is 5.43 Å². The van der Waals surface area contributed by atoms with Gasteiger partial charge >= 0.3 is 0 Å². The van der Waals surface area contributed by atoms with Gasteiger partial charge in [-0.15, -0.1) is 0 Å². The van der Waals surface area contributed by atoms with Crippen LogP contribution in [0, 0.1) is 0 Å². The second kappa shape index (κ2) is 11.0. The molecular formula is C27H30O13. The van der Waals surface area contributed by atoms with E-state index in [0.717, 1.165) is 0 Å². The molecule has 5 rings (SSSR count). The van der Waals surface area contributed by atoms with Gasteiger partial charge < -0.3 is 59.5 Å². The fourth-order valence-corrected chi connectivity index (χ4v) is 4.99. The molecule has 1 aromatic heterocycles. The van der Waals surface area contributed by atoms with Crippen molar-refractivity contribution < 1.29 is 59.5 Å². The molecule has 2 fully saturated rings. The Kier molecular flexibility index (Phi) is 7.85. The van der Waals surface area contributed by atoms with Gasteiger partial charge in [-0.2, -0.15) is 0 Å². The third kappa shape index (κ3) is 4.85. The molecule has 13 nitrogen and oxygen atoms in total. The van der Waals surface area contributed by atoms with Crippen molar-refractivity contribution in [1.82, 2.24) is 0 Å². The first-order chi connectivity index (χ1) is 19.0. The fourth-order valence-electron chi connectivity index (χ4n) is 4.99. The Morgan fingerprint density at radius 1 is 0.850 bits per heavy atom. The van der Waals surface area contributed by atoms with E-state index in [1.54, 1.807) is 30.3 Å². The molecule has 10 atom stereocenters. The molecule has 2 saturated heterocycles. The Labute approximate surface area is 226 Å². The summed E-state index contributed by atoms with van der Waals surface area (Å²) >= 11 is 0. The second-order valence-corrected chi connectivity index (χ2v) is 9.90. The molecule has 2 aliphatic heterocycles. The zero-order valence-electron chi connectivity index (χ0n) is 21.1. The summed E-state index contributed by atoms with van der Waals surface area (Å²) in [6.07, 6.45) is -15.9. The minimum absolute atomic E-state index is 0.158. The molecule has 3 heterocycles. The number of benzene rings is 2. The average Bonchev–Trinajstić information content (AvgIpc) is 2.94. The second-order valence-electron chi connectivity index (χ2n) is 9.90. The summed E-state index contributed by atoms with van der Waals surface area (Å²) in [5.74, 6) is -0.919. The summed E-state index contributed by atoms with van der Waals surface area (Å²) in [7, 11) is 0. The third-order valence-electron chi connectivity index (χ3n) is 7.28. The number of phenolic OH excluding ortho intramolecular Hbond substituents is 1. The molecule has 0 saturated carbocycles. The summed E-state index contributed by atoms with van der Waals surface area (Å²) in [5, 5.41) is 82.9. The molecular weight excluding hydrogens is 532 g/mol. The van der Waals surface area contributed by atoms with Crippen molar-refractivity contribution in [3.05, 3.63) is 58.3 Å². The number of phenols is 1. The first-order valence-electron chi connectivity index (χ1n) is 12.6. The topological polar surface area (TPSA) is 220 Å². The van der Waals surface area contributed by atoms with Gasteiger partial charge in [-0.05, 0) is 6.92 Å². The molecule has 0 spiro atoms. The van der Waals surface area contributed by atoms with Crippen LogP contribution in [0.1, 0.15) is 18.6 Å². The molecule has 8 N–H and O–H groups in total. The Morgan fingerprint density at radius 2 is 1.52 bits per heavy atom. The van der Waals surface area contributed by atoms with Crippen LogP contribution >= 0.6 is 0 Å². The summed E-state index contributed by atoms with van der Waals surface area (Å²) < 4.78 is 22.9. The van der Waals surface area contributed by atoms with Gasteiger partial charge in [0, 0.05) is 17.7 Å². The number of rotatable bonds is 5. The molecule has 0 amide bonds. The van der Waals surface area contributed by atoms with E-state index in [2.05, 4.69) is 0 Å². The van der Waals surface area contributed by atoms with Crippen LogP contribution in [-0.4, -0.2) is 103 Å². The molecule has 40 heavy (non-hydrogen) atoms. The van der Waals surface area contributed by atoms with E-state index in [1.165, 1.54) is 19.1 Å². The number of fused-ring (bicyclic) bond motifs is 1. The Bertz CT molecular complexity index is 1410. The lowest BCUT2D eigenvalue weighted by Crippen LogP contribution is -2.60. The average molecular weight is 563 g/mol. The van der Waals surface area contributed by atoms with Crippen molar-refractivity contribution in [2.75, 3.05) is 6.61 Å². The molecule has 3 aromatic rings. The van der Waals surface area contributed by atoms with Crippen molar-refractivity contribution in [3.8, 4) is 22.8 Å². The van der Waals surface area contributed by atoms with Gasteiger partial charge in [0.05, 0.1) is 18.3 Å². The number of aromatic hydroxyl groups is 1. The van der Waals surface area contributed by atoms with E-state index in [-0.39, 0.29) is 28.0 Å². The first kappa shape index (κ1) is 28.4. The summed E-state index contributed by atoms with van der Waals surface area (Å²) in [4.78, 5) is 13.2. The van der Waals surface area contributed by atoms with Crippen LogP contribution in [0.4, 0.5) is 0 Å². The summed E-state index contributed by atoms with van der Waals surface area (Å²) in [6.45, 7) is 0.686. The maximum absolute atomic E-state index is 13.2. The number of hydrogen-bond donors (Lipinski definition) is 8. The van der Waals surface area contributed by atoms with E-state index in [4.69, 9.17) is 18.6 Å². The van der Waals surface area contributed by atoms with Gasteiger partial charge in [0.2, 0.25) is 6.29 Å². The van der Waals surface area contributed by atoms with Crippen LogP contribution in [0.2, 0.25) is 0 Å². The van der Waals surface area contributed by atoms with E-state index >= 15 is 0 Å². The smallest absolute Gasteiger partial charge is 0.229 e. The largest absolute Gasteiger partial charge is 0.506 e. The van der Waals surface area contributed by atoms with Gasteiger partial charge in [-0.1, -0.05) is 30.3 Å². The third-order valence-corrected chi connectivity index (χ3v) is 7.28. The maximum Gasteiger partial charge on any atom is 0.229 e. The number of aliphatic hydroxyl groups excluding tert-OH is 7. The number of ether oxygens (including phenoxy) is 3. The number of hydrogen-bond acceptors (Lipinski definition) is 13. The van der Waals surface area contributed by atoms with Gasteiger partial charge in [-0.25, -0.2) is 0 Å². The van der Waals surface area contributed by atoms with Crippen molar-refractivity contribution >= 4 is 11.0 Å². The van der Waals surface area contributed by atoms with Gasteiger partial charge in [0.1, 0.15) is 77.1 Å². The zero-order chi connectivity index (χ0) is 28.9. The lowest BCUT2D eigenvalue weighted by molar-refractivity contribution is -0.278. The predicted octanol–water partition coefficient (Wildman–Crippen LogP) is -1.11. The monoisotopic (exact) mass is 562 g/mol. The van der Waals surface area contributed by atoms with E-state index < -0.39 is 79.0 Å². The molecule has 0 radical (unpaired) electrons. The lowest BCUT2D eigenvalue weighted by atomic mass is 9.90. The Morgan fingerprint density at radius 3 is 2.20 bits per heavy atom. The Balaban J connectivity index is 1.68. The van der Waals surface area contributed by atoms with Crippen LogP contribution in [0.5, 0.6) is 11.5 Å². The molecule has 2 aromatic carbocycles. The Hall–Kier alpha value is -3.11. The summed E-state index contributed by atoms with van der Waals surface area (Å²) in [6, 6.07) is 11.0. The standard InChI is InChI=1S/C27H30O13/c1-10-19(30)22(33)24(35)26(37-10)18-15(39-27-25(36)23(34)20(31)16(9-28)40-27)8-14-17(21(18)32)12(29)7-13(38-14)11-5-3-2-4-6-11/h2-8,10,16,19-20,22-28,30-36H,9H2,1H3/t10-,16-,19+,20-,22+,23+,24-,25-,26+,27-/m1/s1. The van der Waals surface area contributed by atoms with Crippen molar-refractivity contribution in [1.29, 1.82) is 0 Å². The first-order valence-corrected chi connectivity index (χ1v) is 12.6. The van der Waals surface area contributed by atoms with Crippen LogP contribution < -0.4 is 10.2 Å². The maximum atomic E-state index is 13.2. The van der Waals surface area contributed by atoms with Crippen molar-refractivity contribution in [3.63, 3.8) is 0 Å². The van der Waals surface area contributed by atoms with Crippen molar-refractivity contribution in [2.45, 2.75) is 68.1 Å². The lowest BCUT2D eigenvalue weighted by Gasteiger charge is -2.41. The molecule has 13 heteroatoms. The normalized spacial score (nSPS) is 34.6. The van der Waals surface area contributed by atoms with E-state index in [9.17, 15) is 45.6 Å². The van der Waals surface area contributed by atoms with Crippen LogP contribution in [0.25, 0.3) is 22.3 Å². The van der Waals surface area contributed by atoms with E-state index in [1.807, 2.05) is 0 Å². The highest BCUT2D eigenvalue weighted by molar-refractivity contribution is 5.88. The molecule has 216 valence electrons. The van der Waals surface area contributed by atoms with Crippen LogP contribution in [0.15, 0.2) is 51.7 Å². The highest BCUT2D eigenvalue weighted by Gasteiger charge is 2.47. The van der Waals surface area contributed by atoms with Gasteiger partial charge in [-0.3, -0.25) is 4.79 Å². The van der Waals surface area contributed by atoms with Crippen LogP contribution in [-0.2, 0) is 9.47 Å². The number of aliphatic hydroxyl groups is 7. The van der Waals surface area contributed by atoms with Crippen LogP contribution in [0.3, 0.4) is 0 Å². The summed E-state index contributed by atoms with van der Waals surface area (Å²) in [5.41, 5.74) is -0.601. The van der Waals surface area contributed by atoms with E-state index in [0.29, 0.717) is 5.56 Å². The minimum atomic E-state index is -1.84. The highest BCUT2D eigenvalue weighted by atomic mass is 16.7. The molecule has 0 bridgehead atoms. The fraction of sp³-hybridized carbons (Fsp3) is 0.444.